The molecule has 0 aromatic heterocycles. The van der Waals surface area contributed by atoms with Gasteiger partial charge < -0.3 is 10.6 Å². The van der Waals surface area contributed by atoms with E-state index in [-0.39, 0.29) is 11.5 Å². The Kier molecular flexibility index (Phi) is 6.22. The Bertz CT molecular complexity index is 590. The van der Waals surface area contributed by atoms with Gasteiger partial charge in [0, 0.05) is 17.9 Å². The zero-order chi connectivity index (χ0) is 16.7. The standard InChI is InChI=1S/C19H25N3O/c1-14(2)15-8-10-18(11-9-15)22-19(23)16(12-20)13-21-17-6-4-3-5-7-17/h8-11,13-14,17,21H,3-7H2,1-2H3,(H,22,23)/b16-13-. The number of hydrogen-bond acceptors (Lipinski definition) is 3. The molecule has 2 rings (SSSR count). The van der Waals surface area contributed by atoms with Crippen molar-refractivity contribution in [2.45, 2.75) is 57.9 Å². The molecule has 0 heterocycles. The van der Waals surface area contributed by atoms with Gasteiger partial charge in [-0.15, -0.1) is 0 Å². The number of benzene rings is 1. The highest BCUT2D eigenvalue weighted by Gasteiger charge is 2.14. The minimum Gasteiger partial charge on any atom is -0.387 e. The van der Waals surface area contributed by atoms with E-state index in [0.29, 0.717) is 17.6 Å². The Labute approximate surface area is 138 Å². The summed E-state index contributed by atoms with van der Waals surface area (Å²) >= 11 is 0. The molecular weight excluding hydrogens is 286 g/mol. The number of hydrogen-bond donors (Lipinski definition) is 2. The van der Waals surface area contributed by atoms with Gasteiger partial charge in [0.05, 0.1) is 0 Å². The lowest BCUT2D eigenvalue weighted by Gasteiger charge is -2.21. The summed E-state index contributed by atoms with van der Waals surface area (Å²) in [6.45, 7) is 4.25. The summed E-state index contributed by atoms with van der Waals surface area (Å²) < 4.78 is 0. The highest BCUT2D eigenvalue weighted by molar-refractivity contribution is 6.06. The van der Waals surface area contributed by atoms with Crippen LogP contribution in [0.1, 0.15) is 57.4 Å². The molecule has 23 heavy (non-hydrogen) atoms. The van der Waals surface area contributed by atoms with Gasteiger partial charge in [-0.05, 0) is 36.5 Å². The first-order valence-corrected chi connectivity index (χ1v) is 8.37. The van der Waals surface area contributed by atoms with E-state index in [1.807, 2.05) is 30.3 Å². The minimum absolute atomic E-state index is 0.114. The SMILES string of the molecule is CC(C)c1ccc(NC(=O)/C(C#N)=C\NC2CCCCC2)cc1. The van der Waals surface area contributed by atoms with E-state index >= 15 is 0 Å². The van der Waals surface area contributed by atoms with Crippen molar-refractivity contribution in [1.29, 1.82) is 5.26 Å². The molecule has 1 aliphatic rings. The van der Waals surface area contributed by atoms with Crippen LogP contribution in [-0.4, -0.2) is 11.9 Å². The Morgan fingerprint density at radius 1 is 1.22 bits per heavy atom. The van der Waals surface area contributed by atoms with Gasteiger partial charge in [-0.1, -0.05) is 45.2 Å². The molecule has 0 saturated heterocycles. The molecule has 4 heteroatoms. The van der Waals surface area contributed by atoms with E-state index < -0.39 is 0 Å². The average Bonchev–Trinajstić information content (AvgIpc) is 2.57. The number of nitrogens with zero attached hydrogens (tertiary/aromatic N) is 1. The van der Waals surface area contributed by atoms with Crippen LogP contribution in [0.15, 0.2) is 36.0 Å². The van der Waals surface area contributed by atoms with Crippen molar-refractivity contribution in [3.63, 3.8) is 0 Å². The number of rotatable bonds is 5. The van der Waals surface area contributed by atoms with Crippen molar-refractivity contribution in [3.05, 3.63) is 41.6 Å². The number of nitriles is 1. The maximum Gasteiger partial charge on any atom is 0.267 e. The van der Waals surface area contributed by atoms with Crippen LogP contribution >= 0.6 is 0 Å². The van der Waals surface area contributed by atoms with Gasteiger partial charge in [-0.25, -0.2) is 0 Å². The lowest BCUT2D eigenvalue weighted by molar-refractivity contribution is -0.112. The fourth-order valence-corrected chi connectivity index (χ4v) is 2.77. The lowest BCUT2D eigenvalue weighted by Crippen LogP contribution is -2.28. The van der Waals surface area contributed by atoms with E-state index in [2.05, 4.69) is 24.5 Å². The summed E-state index contributed by atoms with van der Waals surface area (Å²) in [5.41, 5.74) is 2.04. The van der Waals surface area contributed by atoms with Crippen LogP contribution in [0.3, 0.4) is 0 Å². The Morgan fingerprint density at radius 3 is 2.43 bits per heavy atom. The van der Waals surface area contributed by atoms with Crippen LogP contribution in [-0.2, 0) is 4.79 Å². The monoisotopic (exact) mass is 311 g/mol. The van der Waals surface area contributed by atoms with Crippen molar-refractivity contribution in [3.8, 4) is 6.07 Å². The van der Waals surface area contributed by atoms with Crippen molar-refractivity contribution < 1.29 is 4.79 Å². The third-order valence-electron chi connectivity index (χ3n) is 4.27. The topological polar surface area (TPSA) is 64.9 Å². The van der Waals surface area contributed by atoms with Crippen LogP contribution in [0, 0.1) is 11.3 Å². The van der Waals surface area contributed by atoms with Gasteiger partial charge in [0.1, 0.15) is 11.6 Å². The minimum atomic E-state index is -0.367. The molecule has 0 aliphatic heterocycles. The molecule has 1 amide bonds. The molecule has 1 aliphatic carbocycles. The summed E-state index contributed by atoms with van der Waals surface area (Å²) in [6, 6.07) is 10.1. The predicted octanol–water partition coefficient (Wildman–Crippen LogP) is 4.08. The van der Waals surface area contributed by atoms with E-state index in [1.54, 1.807) is 6.20 Å². The number of anilines is 1. The van der Waals surface area contributed by atoms with E-state index in [9.17, 15) is 10.1 Å². The highest BCUT2D eigenvalue weighted by atomic mass is 16.1. The molecule has 4 nitrogen and oxygen atoms in total. The molecule has 2 N–H and O–H groups in total. The lowest BCUT2D eigenvalue weighted by atomic mass is 9.96. The van der Waals surface area contributed by atoms with Crippen LogP contribution in [0.25, 0.3) is 0 Å². The second kappa shape index (κ2) is 8.38. The van der Waals surface area contributed by atoms with Gasteiger partial charge in [0.2, 0.25) is 0 Å². The molecule has 1 fully saturated rings. The fraction of sp³-hybridized carbons (Fsp3) is 0.474. The summed E-state index contributed by atoms with van der Waals surface area (Å²) in [5.74, 6) is 0.0853. The van der Waals surface area contributed by atoms with Gasteiger partial charge in [-0.2, -0.15) is 5.26 Å². The normalized spacial score (nSPS) is 16.0. The zero-order valence-electron chi connectivity index (χ0n) is 13.9. The molecule has 1 aromatic carbocycles. The molecule has 0 unspecified atom stereocenters. The maximum atomic E-state index is 12.2. The summed E-state index contributed by atoms with van der Waals surface area (Å²) in [5, 5.41) is 15.2. The van der Waals surface area contributed by atoms with Crippen LogP contribution < -0.4 is 10.6 Å². The molecule has 0 bridgehead atoms. The molecular formula is C19H25N3O. The fourth-order valence-electron chi connectivity index (χ4n) is 2.77. The van der Waals surface area contributed by atoms with Crippen LogP contribution in [0.2, 0.25) is 0 Å². The Morgan fingerprint density at radius 2 is 1.87 bits per heavy atom. The molecule has 0 radical (unpaired) electrons. The number of nitrogens with one attached hydrogen (secondary N) is 2. The van der Waals surface area contributed by atoms with Gasteiger partial charge in [-0.3, -0.25) is 4.79 Å². The van der Waals surface area contributed by atoms with E-state index in [1.165, 1.54) is 24.8 Å². The van der Waals surface area contributed by atoms with E-state index in [0.717, 1.165) is 12.8 Å². The predicted molar refractivity (Wildman–Crippen MR) is 92.9 cm³/mol. The van der Waals surface area contributed by atoms with Crippen LogP contribution in [0.4, 0.5) is 5.69 Å². The van der Waals surface area contributed by atoms with Crippen molar-refractivity contribution >= 4 is 11.6 Å². The summed E-state index contributed by atoms with van der Waals surface area (Å²) in [4.78, 5) is 12.2. The summed E-state index contributed by atoms with van der Waals surface area (Å²) in [6.07, 6.45) is 7.47. The third kappa shape index (κ3) is 5.14. The second-order valence-electron chi connectivity index (χ2n) is 6.40. The largest absolute Gasteiger partial charge is 0.387 e. The first-order chi connectivity index (χ1) is 11.1. The average molecular weight is 311 g/mol. The molecule has 122 valence electrons. The second-order valence-corrected chi connectivity index (χ2v) is 6.40. The number of carbonyl (C=O) groups is 1. The smallest absolute Gasteiger partial charge is 0.267 e. The van der Waals surface area contributed by atoms with Crippen molar-refractivity contribution in [2.75, 3.05) is 5.32 Å². The number of carbonyl (C=O) groups excluding carboxylic acids is 1. The van der Waals surface area contributed by atoms with Gasteiger partial charge in [0.15, 0.2) is 0 Å². The van der Waals surface area contributed by atoms with Crippen molar-refractivity contribution in [1.82, 2.24) is 5.32 Å². The number of amides is 1. The molecule has 1 saturated carbocycles. The Balaban J connectivity index is 1.95. The van der Waals surface area contributed by atoms with Crippen molar-refractivity contribution in [2.24, 2.45) is 0 Å². The molecule has 0 atom stereocenters. The van der Waals surface area contributed by atoms with Gasteiger partial charge in [0.25, 0.3) is 5.91 Å². The maximum absolute atomic E-state index is 12.2. The van der Waals surface area contributed by atoms with E-state index in [4.69, 9.17) is 0 Å². The molecule has 0 spiro atoms. The summed E-state index contributed by atoms with van der Waals surface area (Å²) in [7, 11) is 0. The van der Waals surface area contributed by atoms with Gasteiger partial charge >= 0.3 is 0 Å². The third-order valence-corrected chi connectivity index (χ3v) is 4.27. The quantitative estimate of drug-likeness (QED) is 0.636. The first-order valence-electron chi connectivity index (χ1n) is 8.37. The highest BCUT2D eigenvalue weighted by Crippen LogP contribution is 2.18. The van der Waals surface area contributed by atoms with Crippen LogP contribution in [0.5, 0.6) is 0 Å². The first kappa shape index (κ1) is 17.1. The molecule has 1 aromatic rings. The Hall–Kier alpha value is -2.28. The zero-order valence-corrected chi connectivity index (χ0v) is 13.9.